The second-order valence-electron chi connectivity index (χ2n) is 9.38. The predicted molar refractivity (Wildman–Crippen MR) is 130 cm³/mol. The fourth-order valence-corrected chi connectivity index (χ4v) is 5.49. The summed E-state index contributed by atoms with van der Waals surface area (Å²) >= 11 is 0. The Morgan fingerprint density at radius 3 is 2.73 bits per heavy atom. The van der Waals surface area contributed by atoms with E-state index in [2.05, 4.69) is 10.2 Å². The van der Waals surface area contributed by atoms with Crippen molar-refractivity contribution in [3.05, 3.63) is 29.8 Å². The van der Waals surface area contributed by atoms with E-state index in [1.807, 2.05) is 6.92 Å². The Bertz CT molecular complexity index is 849. The maximum Gasteiger partial charge on any atom is 0.299 e. The van der Waals surface area contributed by atoms with Crippen LogP contribution < -0.4 is 10.2 Å². The molecule has 182 valence electrons. The highest BCUT2D eigenvalue weighted by Crippen LogP contribution is 2.29. The molecule has 1 aliphatic carbocycles. The van der Waals surface area contributed by atoms with Gasteiger partial charge in [0, 0.05) is 25.7 Å². The Morgan fingerprint density at radius 1 is 1.12 bits per heavy atom. The number of Topliss-reactive ketones (excluding diaryl/α,β-unsaturated/α-hetero) is 1. The molecule has 2 aliphatic heterocycles. The molecule has 7 nitrogen and oxygen atoms in total. The van der Waals surface area contributed by atoms with Gasteiger partial charge in [-0.2, -0.15) is 0 Å². The van der Waals surface area contributed by atoms with Crippen LogP contribution in [-0.2, 0) is 14.3 Å². The molecule has 0 aromatic heterocycles. The molecule has 1 saturated heterocycles. The lowest BCUT2D eigenvalue weighted by Crippen LogP contribution is -2.50. The molecular formula is C25H36ClN3O4. The highest BCUT2D eigenvalue weighted by molar-refractivity contribution is 6.52. The van der Waals surface area contributed by atoms with E-state index in [0.29, 0.717) is 23.1 Å². The Morgan fingerprint density at radius 2 is 1.91 bits per heavy atom. The Kier molecular flexibility index (Phi) is 9.29. The van der Waals surface area contributed by atoms with Crippen molar-refractivity contribution in [1.29, 1.82) is 0 Å². The summed E-state index contributed by atoms with van der Waals surface area (Å²) in [5.41, 5.74) is 0.916. The molecule has 1 aromatic rings. The minimum Gasteiger partial charge on any atom is -0.381 e. The van der Waals surface area contributed by atoms with Crippen LogP contribution in [0, 0.1) is 11.8 Å². The number of piperidine rings is 1. The molecule has 0 spiro atoms. The Balaban J connectivity index is 0.00000306. The highest BCUT2D eigenvalue weighted by Gasteiger charge is 2.37. The maximum atomic E-state index is 12.9. The molecule has 3 atom stereocenters. The molecule has 8 heteroatoms. The third-order valence-electron chi connectivity index (χ3n) is 7.09. The summed E-state index contributed by atoms with van der Waals surface area (Å²) < 4.78 is 5.65. The zero-order valence-corrected chi connectivity index (χ0v) is 20.3. The average molecular weight is 478 g/mol. The summed E-state index contributed by atoms with van der Waals surface area (Å²) in [6.07, 6.45) is 6.81. The smallest absolute Gasteiger partial charge is 0.299 e. The van der Waals surface area contributed by atoms with Crippen LogP contribution in [0.1, 0.15) is 55.8 Å². The van der Waals surface area contributed by atoms with Crippen LogP contribution in [0.15, 0.2) is 24.3 Å². The first kappa shape index (κ1) is 25.7. The third-order valence-corrected chi connectivity index (χ3v) is 7.09. The standard InChI is InChI=1S/C25H35N3O4.ClH/c1-2-32-17-18-8-7-13-27(14-18)15-19-9-3-5-11-21(19)26-23(29)16-28-22-12-6-4-10-20(22)24(30)25(28)31;/h4,6,10,12,18-19,21H,2-3,5,7-9,11,13-17H2,1H3,(H,26,29);1H/t18-,19-,21+;/m1./s1. The number of nitrogens with zero attached hydrogens (tertiary/aromatic N) is 2. The molecule has 4 rings (SSSR count). The molecule has 1 aromatic carbocycles. The number of likely N-dealkylation sites (tertiary alicyclic amines) is 1. The molecule has 0 radical (unpaired) electrons. The number of hydrogen-bond acceptors (Lipinski definition) is 5. The molecule has 2 fully saturated rings. The van der Waals surface area contributed by atoms with E-state index >= 15 is 0 Å². The number of benzene rings is 1. The van der Waals surface area contributed by atoms with Crippen LogP contribution in [0.25, 0.3) is 0 Å². The fourth-order valence-electron chi connectivity index (χ4n) is 5.49. The Labute approximate surface area is 202 Å². The second kappa shape index (κ2) is 12.0. The summed E-state index contributed by atoms with van der Waals surface area (Å²) in [6, 6.07) is 7.00. The van der Waals surface area contributed by atoms with Crippen LogP contribution in [0.4, 0.5) is 5.69 Å². The lowest BCUT2D eigenvalue weighted by atomic mass is 9.83. The van der Waals surface area contributed by atoms with Crippen molar-refractivity contribution in [3.63, 3.8) is 0 Å². The number of anilines is 1. The number of carbonyl (C=O) groups is 3. The lowest BCUT2D eigenvalue weighted by molar-refractivity contribution is -0.123. The zero-order valence-electron chi connectivity index (χ0n) is 19.5. The zero-order chi connectivity index (χ0) is 22.5. The molecule has 0 unspecified atom stereocenters. The molecule has 2 amide bonds. The van der Waals surface area contributed by atoms with Gasteiger partial charge in [-0.3, -0.25) is 19.3 Å². The normalized spacial score (nSPS) is 25.5. The van der Waals surface area contributed by atoms with Crippen molar-refractivity contribution in [2.24, 2.45) is 11.8 Å². The largest absolute Gasteiger partial charge is 0.381 e. The molecule has 0 bridgehead atoms. The van der Waals surface area contributed by atoms with Crippen molar-refractivity contribution in [1.82, 2.24) is 10.2 Å². The topological polar surface area (TPSA) is 79.0 Å². The fraction of sp³-hybridized carbons (Fsp3) is 0.640. The van der Waals surface area contributed by atoms with Gasteiger partial charge in [-0.05, 0) is 63.1 Å². The van der Waals surface area contributed by atoms with E-state index in [4.69, 9.17) is 4.74 Å². The van der Waals surface area contributed by atoms with Crippen molar-refractivity contribution < 1.29 is 19.1 Å². The summed E-state index contributed by atoms with van der Waals surface area (Å²) in [6.45, 7) is 6.71. The number of para-hydroxylation sites is 1. The van der Waals surface area contributed by atoms with Crippen LogP contribution in [-0.4, -0.2) is 67.9 Å². The molecule has 3 aliphatic rings. The van der Waals surface area contributed by atoms with Gasteiger partial charge >= 0.3 is 0 Å². The highest BCUT2D eigenvalue weighted by atomic mass is 35.5. The number of halogens is 1. The van der Waals surface area contributed by atoms with Crippen molar-refractivity contribution >= 4 is 35.7 Å². The van der Waals surface area contributed by atoms with Gasteiger partial charge in [0.05, 0.1) is 17.9 Å². The van der Waals surface area contributed by atoms with Crippen LogP contribution >= 0.6 is 12.4 Å². The van der Waals surface area contributed by atoms with Crippen LogP contribution in [0.5, 0.6) is 0 Å². The van der Waals surface area contributed by atoms with Gasteiger partial charge in [0.1, 0.15) is 6.54 Å². The van der Waals surface area contributed by atoms with Crippen molar-refractivity contribution in [3.8, 4) is 0 Å². The van der Waals surface area contributed by atoms with E-state index in [0.717, 1.165) is 52.1 Å². The Hall–Kier alpha value is -1.96. The van der Waals surface area contributed by atoms with Crippen molar-refractivity contribution in [2.45, 2.75) is 51.5 Å². The first-order chi connectivity index (χ1) is 15.6. The van der Waals surface area contributed by atoms with E-state index in [1.165, 1.54) is 24.2 Å². The lowest BCUT2D eigenvalue weighted by Gasteiger charge is -2.39. The van der Waals surface area contributed by atoms with Crippen LogP contribution in [0.2, 0.25) is 0 Å². The number of ketones is 1. The minimum absolute atomic E-state index is 0. The van der Waals surface area contributed by atoms with Gasteiger partial charge in [0.25, 0.3) is 11.7 Å². The first-order valence-corrected chi connectivity index (χ1v) is 12.1. The molecule has 33 heavy (non-hydrogen) atoms. The molecular weight excluding hydrogens is 442 g/mol. The number of hydrogen-bond donors (Lipinski definition) is 1. The first-order valence-electron chi connectivity index (χ1n) is 12.1. The van der Waals surface area contributed by atoms with E-state index < -0.39 is 11.7 Å². The van der Waals surface area contributed by atoms with Gasteiger partial charge in [0.2, 0.25) is 5.91 Å². The third kappa shape index (κ3) is 6.14. The number of nitrogens with one attached hydrogen (secondary N) is 1. The average Bonchev–Trinajstić information content (AvgIpc) is 3.04. The SMILES string of the molecule is CCOC[C@@H]1CCCN(C[C@H]2CCCC[C@@H]2NC(=O)CN2C(=O)C(=O)c3ccccc32)C1.Cl. The van der Waals surface area contributed by atoms with E-state index in [1.54, 1.807) is 24.3 Å². The van der Waals surface area contributed by atoms with E-state index in [9.17, 15) is 14.4 Å². The summed E-state index contributed by atoms with van der Waals surface area (Å²) in [5.74, 6) is -0.320. The number of rotatable bonds is 8. The molecule has 1 N–H and O–H groups in total. The number of fused-ring (bicyclic) bond motifs is 1. The van der Waals surface area contributed by atoms with Gasteiger partial charge < -0.3 is 15.0 Å². The predicted octanol–water partition coefficient (Wildman–Crippen LogP) is 3.06. The second-order valence-corrected chi connectivity index (χ2v) is 9.38. The van der Waals surface area contributed by atoms with Gasteiger partial charge in [-0.15, -0.1) is 12.4 Å². The number of ether oxygens (including phenoxy) is 1. The van der Waals surface area contributed by atoms with E-state index in [-0.39, 0.29) is 30.9 Å². The van der Waals surface area contributed by atoms with Crippen molar-refractivity contribution in [2.75, 3.05) is 44.3 Å². The number of carbonyl (C=O) groups excluding carboxylic acids is 3. The van der Waals surface area contributed by atoms with Gasteiger partial charge in [0.15, 0.2) is 0 Å². The quantitative estimate of drug-likeness (QED) is 0.582. The number of amides is 2. The summed E-state index contributed by atoms with van der Waals surface area (Å²) in [4.78, 5) is 41.4. The summed E-state index contributed by atoms with van der Waals surface area (Å²) in [5, 5.41) is 3.20. The summed E-state index contributed by atoms with van der Waals surface area (Å²) in [7, 11) is 0. The molecule has 1 saturated carbocycles. The van der Waals surface area contributed by atoms with Gasteiger partial charge in [-0.25, -0.2) is 0 Å². The monoisotopic (exact) mass is 477 g/mol. The van der Waals surface area contributed by atoms with Crippen LogP contribution in [0.3, 0.4) is 0 Å². The minimum atomic E-state index is -0.616. The maximum absolute atomic E-state index is 12.9. The molecule has 2 heterocycles. The van der Waals surface area contributed by atoms with Gasteiger partial charge in [-0.1, -0.05) is 25.0 Å².